The van der Waals surface area contributed by atoms with Crippen molar-refractivity contribution in [2.45, 2.75) is 31.1 Å². The van der Waals surface area contributed by atoms with Gasteiger partial charge in [0.25, 0.3) is 0 Å². The lowest BCUT2D eigenvalue weighted by atomic mass is 9.76. The van der Waals surface area contributed by atoms with Gasteiger partial charge in [0.2, 0.25) is 0 Å². The van der Waals surface area contributed by atoms with Gasteiger partial charge in [-0.05, 0) is 55.3 Å². The lowest BCUT2D eigenvalue weighted by Gasteiger charge is -2.34. The molecule has 1 fully saturated rings. The first-order chi connectivity index (χ1) is 16.3. The third kappa shape index (κ3) is 5.01. The molecule has 2 unspecified atom stereocenters. The highest BCUT2D eigenvalue weighted by Crippen LogP contribution is 2.47. The molecule has 172 valence electrons. The summed E-state index contributed by atoms with van der Waals surface area (Å²) in [4.78, 5) is 2.51. The second-order valence-corrected chi connectivity index (χ2v) is 9.03. The Morgan fingerprint density at radius 2 is 1.61 bits per heavy atom. The van der Waals surface area contributed by atoms with Gasteiger partial charge >= 0.3 is 0 Å². The molecule has 0 aromatic heterocycles. The lowest BCUT2D eigenvalue weighted by molar-refractivity contribution is 0.183. The largest absolute Gasteiger partial charge is 0.497 e. The minimum absolute atomic E-state index is 0.212. The number of hydrogen-bond donors (Lipinski definition) is 0. The maximum Gasteiger partial charge on any atom is 0.126 e. The Kier molecular flexibility index (Phi) is 6.82. The van der Waals surface area contributed by atoms with Crippen LogP contribution in [-0.4, -0.2) is 44.9 Å². The van der Waals surface area contributed by atoms with Crippen LogP contribution in [0.2, 0.25) is 0 Å². The molecule has 2 aliphatic heterocycles. The molecule has 3 aromatic rings. The third-order valence-corrected chi connectivity index (χ3v) is 6.97. The topological polar surface area (TPSA) is 30.9 Å². The minimum atomic E-state index is 0.212. The number of fused-ring (bicyclic) bond motifs is 1. The normalized spacial score (nSPS) is 20.5. The minimum Gasteiger partial charge on any atom is -0.497 e. The van der Waals surface area contributed by atoms with E-state index in [4.69, 9.17) is 14.2 Å². The fourth-order valence-corrected chi connectivity index (χ4v) is 5.16. The number of benzene rings is 3. The van der Waals surface area contributed by atoms with Gasteiger partial charge in [-0.15, -0.1) is 0 Å². The molecule has 33 heavy (non-hydrogen) atoms. The molecule has 2 aliphatic rings. The van der Waals surface area contributed by atoms with Crippen molar-refractivity contribution in [2.75, 3.05) is 40.0 Å². The summed E-state index contributed by atoms with van der Waals surface area (Å²) in [5.74, 6) is 3.13. The SMILES string of the molecule is COc1ccc2c(c1)OCC(c1ccccc1)C2c1ccc(OCCN2CCCCC2)cc1. The molecule has 0 radical (unpaired) electrons. The molecule has 2 atom stereocenters. The van der Waals surface area contributed by atoms with Crippen LogP contribution in [0, 0.1) is 0 Å². The Bertz CT molecular complexity index is 1030. The van der Waals surface area contributed by atoms with Crippen molar-refractivity contribution in [1.82, 2.24) is 4.90 Å². The van der Waals surface area contributed by atoms with Crippen molar-refractivity contribution in [3.63, 3.8) is 0 Å². The molecule has 0 N–H and O–H groups in total. The fourth-order valence-electron chi connectivity index (χ4n) is 5.16. The van der Waals surface area contributed by atoms with Crippen molar-refractivity contribution in [3.8, 4) is 17.2 Å². The smallest absolute Gasteiger partial charge is 0.126 e. The van der Waals surface area contributed by atoms with Crippen LogP contribution in [-0.2, 0) is 0 Å². The van der Waals surface area contributed by atoms with Gasteiger partial charge in [0, 0.05) is 30.0 Å². The van der Waals surface area contributed by atoms with Crippen LogP contribution in [0.5, 0.6) is 17.2 Å². The van der Waals surface area contributed by atoms with Crippen molar-refractivity contribution in [3.05, 3.63) is 89.5 Å². The second kappa shape index (κ2) is 10.3. The zero-order chi connectivity index (χ0) is 22.5. The molecule has 0 bridgehead atoms. The van der Waals surface area contributed by atoms with E-state index in [0.29, 0.717) is 6.61 Å². The van der Waals surface area contributed by atoms with Gasteiger partial charge in [0.15, 0.2) is 0 Å². The molecule has 4 heteroatoms. The van der Waals surface area contributed by atoms with Crippen LogP contribution in [0.3, 0.4) is 0 Å². The summed E-state index contributed by atoms with van der Waals surface area (Å²) in [5, 5.41) is 0. The number of methoxy groups -OCH3 is 1. The summed E-state index contributed by atoms with van der Waals surface area (Å²) in [6.45, 7) is 4.80. The molecule has 0 amide bonds. The standard InChI is InChI=1S/C29H33NO3/c1-31-25-14-15-26-28(20-25)33-21-27(22-8-4-2-5-9-22)29(26)23-10-12-24(13-11-23)32-19-18-30-16-6-3-7-17-30/h2,4-5,8-15,20,27,29H,3,6-7,16-19,21H2,1H3. The molecule has 1 saturated heterocycles. The van der Waals surface area contributed by atoms with E-state index in [1.165, 1.54) is 49.0 Å². The molecule has 0 spiro atoms. The van der Waals surface area contributed by atoms with Gasteiger partial charge < -0.3 is 14.2 Å². The Hall–Kier alpha value is -2.98. The Labute approximate surface area is 197 Å². The van der Waals surface area contributed by atoms with Crippen molar-refractivity contribution in [1.29, 1.82) is 0 Å². The summed E-state index contributed by atoms with van der Waals surface area (Å²) >= 11 is 0. The fraction of sp³-hybridized carbons (Fsp3) is 0.379. The Balaban J connectivity index is 1.36. The number of piperidine rings is 1. The van der Waals surface area contributed by atoms with Crippen molar-refractivity contribution < 1.29 is 14.2 Å². The third-order valence-electron chi connectivity index (χ3n) is 6.97. The predicted octanol–water partition coefficient (Wildman–Crippen LogP) is 5.87. The number of likely N-dealkylation sites (tertiary alicyclic amines) is 1. The van der Waals surface area contributed by atoms with Gasteiger partial charge in [-0.3, -0.25) is 4.90 Å². The van der Waals surface area contributed by atoms with Crippen LogP contribution in [0.4, 0.5) is 0 Å². The molecule has 4 nitrogen and oxygen atoms in total. The number of ether oxygens (including phenoxy) is 3. The van der Waals surface area contributed by atoms with Crippen molar-refractivity contribution >= 4 is 0 Å². The maximum absolute atomic E-state index is 6.21. The first-order valence-corrected chi connectivity index (χ1v) is 12.1. The lowest BCUT2D eigenvalue weighted by Crippen LogP contribution is -2.33. The maximum atomic E-state index is 6.21. The number of hydrogen-bond acceptors (Lipinski definition) is 4. The quantitative estimate of drug-likeness (QED) is 0.457. The van der Waals surface area contributed by atoms with E-state index in [-0.39, 0.29) is 11.8 Å². The summed E-state index contributed by atoms with van der Waals surface area (Å²) in [7, 11) is 1.69. The van der Waals surface area contributed by atoms with E-state index in [0.717, 1.165) is 30.4 Å². The van der Waals surface area contributed by atoms with Crippen LogP contribution in [0.15, 0.2) is 72.8 Å². The summed E-state index contributed by atoms with van der Waals surface area (Å²) in [6, 6.07) is 25.5. The number of nitrogens with zero attached hydrogens (tertiary/aromatic N) is 1. The monoisotopic (exact) mass is 443 g/mol. The average molecular weight is 444 g/mol. The second-order valence-electron chi connectivity index (χ2n) is 9.03. The van der Waals surface area contributed by atoms with Crippen molar-refractivity contribution in [2.24, 2.45) is 0 Å². The van der Waals surface area contributed by atoms with Gasteiger partial charge in [0.05, 0.1) is 13.7 Å². The molecule has 0 saturated carbocycles. The van der Waals surface area contributed by atoms with Gasteiger partial charge in [-0.1, -0.05) is 55.0 Å². The van der Waals surface area contributed by atoms with Crippen LogP contribution < -0.4 is 14.2 Å². The number of rotatable bonds is 7. The van der Waals surface area contributed by atoms with E-state index < -0.39 is 0 Å². The average Bonchev–Trinajstić information content (AvgIpc) is 2.89. The molecule has 2 heterocycles. The highest BCUT2D eigenvalue weighted by molar-refractivity contribution is 5.51. The van der Waals surface area contributed by atoms with Crippen LogP contribution >= 0.6 is 0 Å². The van der Waals surface area contributed by atoms with Gasteiger partial charge in [0.1, 0.15) is 23.9 Å². The molecule has 5 rings (SSSR count). The van der Waals surface area contributed by atoms with E-state index in [1.54, 1.807) is 7.11 Å². The van der Waals surface area contributed by atoms with E-state index in [9.17, 15) is 0 Å². The van der Waals surface area contributed by atoms with Gasteiger partial charge in [-0.25, -0.2) is 0 Å². The highest BCUT2D eigenvalue weighted by Gasteiger charge is 2.33. The van der Waals surface area contributed by atoms with Crippen LogP contribution in [0.1, 0.15) is 47.8 Å². The zero-order valence-corrected chi connectivity index (χ0v) is 19.4. The van der Waals surface area contributed by atoms with E-state index in [1.807, 2.05) is 12.1 Å². The molecular formula is C29H33NO3. The highest BCUT2D eigenvalue weighted by atomic mass is 16.5. The first kappa shape index (κ1) is 21.8. The zero-order valence-electron chi connectivity index (χ0n) is 19.4. The first-order valence-electron chi connectivity index (χ1n) is 12.1. The Morgan fingerprint density at radius 1 is 0.848 bits per heavy atom. The summed E-state index contributed by atoms with van der Waals surface area (Å²) in [5.41, 5.74) is 3.78. The molecule has 0 aliphatic carbocycles. The summed E-state index contributed by atoms with van der Waals surface area (Å²) in [6.07, 6.45) is 4.00. The Morgan fingerprint density at radius 3 is 2.36 bits per heavy atom. The predicted molar refractivity (Wildman–Crippen MR) is 132 cm³/mol. The molecule has 3 aromatic carbocycles. The van der Waals surface area contributed by atoms with E-state index in [2.05, 4.69) is 65.6 Å². The van der Waals surface area contributed by atoms with Gasteiger partial charge in [-0.2, -0.15) is 0 Å². The van der Waals surface area contributed by atoms with E-state index >= 15 is 0 Å². The summed E-state index contributed by atoms with van der Waals surface area (Å²) < 4.78 is 17.7. The van der Waals surface area contributed by atoms with Crippen LogP contribution in [0.25, 0.3) is 0 Å². The molecular weight excluding hydrogens is 410 g/mol.